The highest BCUT2D eigenvalue weighted by atomic mass is 32.2. The molecule has 7 nitrogen and oxygen atoms in total. The van der Waals surface area contributed by atoms with Crippen LogP contribution in [0.4, 0.5) is 4.39 Å². The van der Waals surface area contributed by atoms with Crippen molar-refractivity contribution in [1.29, 1.82) is 0 Å². The molecule has 0 bridgehead atoms. The molecule has 1 heterocycles. The number of carbonyl (C=O) groups excluding carboxylic acids is 1. The van der Waals surface area contributed by atoms with E-state index in [1.807, 2.05) is 0 Å². The van der Waals surface area contributed by atoms with Gasteiger partial charge in [0.05, 0.1) is 17.2 Å². The Morgan fingerprint density at radius 2 is 2.11 bits per heavy atom. The number of hydrogen-bond acceptors (Lipinski definition) is 5. The fourth-order valence-corrected chi connectivity index (χ4v) is 4.29. The number of halogens is 1. The Kier molecular flexibility index (Phi) is 5.87. The van der Waals surface area contributed by atoms with Gasteiger partial charge in [0.2, 0.25) is 15.9 Å². The van der Waals surface area contributed by atoms with E-state index >= 15 is 0 Å². The third-order valence-electron chi connectivity index (χ3n) is 4.34. The molecule has 2 aliphatic rings. The molecule has 0 aromatic heterocycles. The molecule has 0 fully saturated rings. The second-order valence-electron chi connectivity index (χ2n) is 6.36. The fraction of sp³-hybridized carbons (Fsp3) is 0.263. The van der Waals surface area contributed by atoms with Crippen molar-refractivity contribution in [3.63, 3.8) is 0 Å². The number of hydrogen-bond donors (Lipinski definition) is 2. The summed E-state index contributed by atoms with van der Waals surface area (Å²) in [5.41, 5.74) is 8.52. The predicted molar refractivity (Wildman–Crippen MR) is 103 cm³/mol. The van der Waals surface area contributed by atoms with Crippen LogP contribution in [0.3, 0.4) is 0 Å². The summed E-state index contributed by atoms with van der Waals surface area (Å²) in [6.45, 7) is -0.00649. The van der Waals surface area contributed by atoms with Crippen LogP contribution in [0.15, 0.2) is 57.8 Å². The molecule has 148 valence electrons. The normalized spacial score (nSPS) is 16.1. The first-order valence-electron chi connectivity index (χ1n) is 8.56. The van der Waals surface area contributed by atoms with Gasteiger partial charge in [-0.1, -0.05) is 6.07 Å². The summed E-state index contributed by atoms with van der Waals surface area (Å²) >= 11 is 0. The van der Waals surface area contributed by atoms with Gasteiger partial charge in [0.15, 0.2) is 0 Å². The molecular weight excluding hydrogens is 385 g/mol. The molecule has 1 amide bonds. The minimum Gasteiger partial charge on any atom is -0.380 e. The summed E-state index contributed by atoms with van der Waals surface area (Å²) in [5.74, 6) is -0.842. The maximum atomic E-state index is 13.4. The van der Waals surface area contributed by atoms with Gasteiger partial charge in [0.25, 0.3) is 0 Å². The Morgan fingerprint density at radius 3 is 2.82 bits per heavy atom. The van der Waals surface area contributed by atoms with Crippen LogP contribution in [0.1, 0.15) is 24.0 Å². The van der Waals surface area contributed by atoms with Crippen molar-refractivity contribution in [3.05, 3.63) is 59.1 Å². The molecule has 0 unspecified atom stereocenters. The molecule has 0 saturated carbocycles. The number of allylic oxidation sites excluding steroid dienone is 5. The van der Waals surface area contributed by atoms with Crippen molar-refractivity contribution >= 4 is 27.2 Å². The molecule has 1 aliphatic carbocycles. The van der Waals surface area contributed by atoms with Crippen molar-refractivity contribution in [2.24, 2.45) is 10.7 Å². The van der Waals surface area contributed by atoms with Crippen molar-refractivity contribution in [3.8, 4) is 0 Å². The Labute approximate surface area is 162 Å². The minimum atomic E-state index is -3.84. The molecule has 0 atom stereocenters. The molecule has 3 rings (SSSR count). The number of fused-ring (bicyclic) bond motifs is 1. The number of methoxy groups -OCH3 is 1. The topological polar surface area (TPSA) is 111 Å². The molecule has 0 spiro atoms. The number of carbonyl (C=O) groups is 1. The SMILES string of the molecule is COCc1cc(C2=CN=C3CC(F)=CC=C23)ccc1S(=O)(=O)NCCC(N)=O. The van der Waals surface area contributed by atoms with Crippen LogP contribution in [0.2, 0.25) is 0 Å². The average Bonchev–Trinajstić information content (AvgIpc) is 3.04. The molecule has 3 N–H and O–H groups in total. The first-order valence-corrected chi connectivity index (χ1v) is 10.0. The smallest absolute Gasteiger partial charge is 0.240 e. The lowest BCUT2D eigenvalue weighted by Crippen LogP contribution is -2.28. The highest BCUT2D eigenvalue weighted by molar-refractivity contribution is 7.89. The highest BCUT2D eigenvalue weighted by Gasteiger charge is 2.24. The number of aliphatic imine (C=N–C) groups is 1. The van der Waals surface area contributed by atoms with Crippen LogP contribution in [0, 0.1) is 0 Å². The zero-order chi connectivity index (χ0) is 20.3. The highest BCUT2D eigenvalue weighted by Crippen LogP contribution is 2.35. The van der Waals surface area contributed by atoms with Gasteiger partial charge in [-0.25, -0.2) is 17.5 Å². The second-order valence-corrected chi connectivity index (χ2v) is 8.09. The molecule has 1 aromatic carbocycles. The van der Waals surface area contributed by atoms with Gasteiger partial charge in [-0.3, -0.25) is 9.79 Å². The third-order valence-corrected chi connectivity index (χ3v) is 5.90. The average molecular weight is 405 g/mol. The van der Waals surface area contributed by atoms with Crippen LogP contribution in [-0.4, -0.2) is 33.7 Å². The van der Waals surface area contributed by atoms with Crippen molar-refractivity contribution in [2.45, 2.75) is 24.3 Å². The first-order chi connectivity index (χ1) is 13.3. The number of primary amides is 1. The van der Waals surface area contributed by atoms with E-state index in [2.05, 4.69) is 9.71 Å². The summed E-state index contributed by atoms with van der Waals surface area (Å²) < 4.78 is 46.1. The lowest BCUT2D eigenvalue weighted by atomic mass is 9.92. The van der Waals surface area contributed by atoms with Gasteiger partial charge in [-0.15, -0.1) is 0 Å². The predicted octanol–water partition coefficient (Wildman–Crippen LogP) is 1.97. The summed E-state index contributed by atoms with van der Waals surface area (Å²) in [5, 5.41) is 0. The monoisotopic (exact) mass is 405 g/mol. The quantitative estimate of drug-likeness (QED) is 0.689. The number of ether oxygens (including phenoxy) is 1. The van der Waals surface area contributed by atoms with E-state index in [1.165, 1.54) is 19.3 Å². The maximum Gasteiger partial charge on any atom is 0.240 e. The van der Waals surface area contributed by atoms with Gasteiger partial charge in [0, 0.05) is 43.8 Å². The van der Waals surface area contributed by atoms with E-state index in [4.69, 9.17) is 10.5 Å². The number of rotatable bonds is 8. The van der Waals surface area contributed by atoms with Gasteiger partial charge < -0.3 is 10.5 Å². The summed E-state index contributed by atoms with van der Waals surface area (Å²) in [6, 6.07) is 4.86. The van der Waals surface area contributed by atoms with Crippen LogP contribution >= 0.6 is 0 Å². The number of nitrogens with two attached hydrogens (primary N) is 1. The van der Waals surface area contributed by atoms with Crippen molar-refractivity contribution < 1.29 is 22.3 Å². The Balaban J connectivity index is 1.91. The van der Waals surface area contributed by atoms with Gasteiger partial charge in [-0.2, -0.15) is 0 Å². The van der Waals surface area contributed by atoms with E-state index in [0.29, 0.717) is 11.3 Å². The molecule has 1 aromatic rings. The van der Waals surface area contributed by atoms with Crippen LogP contribution < -0.4 is 10.5 Å². The third kappa shape index (κ3) is 4.27. The lowest BCUT2D eigenvalue weighted by molar-refractivity contribution is -0.117. The number of benzene rings is 1. The Morgan fingerprint density at radius 1 is 1.32 bits per heavy atom. The van der Waals surface area contributed by atoms with E-state index < -0.39 is 15.9 Å². The summed E-state index contributed by atoms with van der Waals surface area (Å²) in [7, 11) is -2.37. The Bertz CT molecular complexity index is 1040. The van der Waals surface area contributed by atoms with Gasteiger partial charge in [0.1, 0.15) is 5.83 Å². The molecule has 28 heavy (non-hydrogen) atoms. The molecule has 9 heteroatoms. The lowest BCUT2D eigenvalue weighted by Gasteiger charge is -2.15. The second kappa shape index (κ2) is 8.17. The van der Waals surface area contributed by atoms with Crippen LogP contribution in [0.5, 0.6) is 0 Å². The molecule has 0 saturated heterocycles. The van der Waals surface area contributed by atoms with E-state index in [1.54, 1.807) is 24.4 Å². The minimum absolute atomic E-state index is 0.0610. The van der Waals surface area contributed by atoms with E-state index in [-0.39, 0.29) is 36.7 Å². The first kappa shape index (κ1) is 20.1. The zero-order valence-electron chi connectivity index (χ0n) is 15.2. The number of nitrogens with one attached hydrogen (secondary N) is 1. The standard InChI is InChI=1S/C19H20FN3O4S/c1-27-11-13-8-12(16-10-22-17-9-14(20)3-4-15(16)17)2-5-18(13)28(25,26)23-7-6-19(21)24/h2-5,8,10,23H,6-7,9,11H2,1H3,(H2,21,24). The number of sulfonamides is 1. The number of amides is 1. The van der Waals surface area contributed by atoms with Crippen molar-refractivity contribution in [1.82, 2.24) is 4.72 Å². The van der Waals surface area contributed by atoms with Gasteiger partial charge in [-0.05, 0) is 35.4 Å². The van der Waals surface area contributed by atoms with Crippen LogP contribution in [-0.2, 0) is 26.2 Å². The maximum absolute atomic E-state index is 13.4. The van der Waals surface area contributed by atoms with E-state index in [0.717, 1.165) is 16.7 Å². The summed E-state index contributed by atoms with van der Waals surface area (Å²) in [4.78, 5) is 15.2. The molecule has 0 radical (unpaired) electrons. The van der Waals surface area contributed by atoms with Crippen molar-refractivity contribution in [2.75, 3.05) is 13.7 Å². The van der Waals surface area contributed by atoms with Gasteiger partial charge >= 0.3 is 0 Å². The van der Waals surface area contributed by atoms with Crippen LogP contribution in [0.25, 0.3) is 5.57 Å². The number of nitrogens with zero attached hydrogens (tertiary/aromatic N) is 1. The molecular formula is C19H20FN3O4S. The zero-order valence-corrected chi connectivity index (χ0v) is 16.1. The summed E-state index contributed by atoms with van der Waals surface area (Å²) in [6.07, 6.45) is 4.78. The van der Waals surface area contributed by atoms with E-state index in [9.17, 15) is 17.6 Å². The Hall–Kier alpha value is -2.62. The fourth-order valence-electron chi connectivity index (χ4n) is 3.05. The molecule has 1 aliphatic heterocycles. The largest absolute Gasteiger partial charge is 0.380 e.